The van der Waals surface area contributed by atoms with Gasteiger partial charge in [0.15, 0.2) is 12.4 Å². The minimum Gasteiger partial charge on any atom is -0.482 e. The lowest BCUT2D eigenvalue weighted by molar-refractivity contribution is -0.119. The summed E-state index contributed by atoms with van der Waals surface area (Å²) in [5.74, 6) is -1.76. The van der Waals surface area contributed by atoms with E-state index in [4.69, 9.17) is 22.1 Å². The lowest BCUT2D eigenvalue weighted by Crippen LogP contribution is -2.34. The second kappa shape index (κ2) is 9.45. The number of halogens is 2. The Bertz CT molecular complexity index is 1040. The number of amides is 2. The molecule has 0 unspecified atom stereocenters. The van der Waals surface area contributed by atoms with Crippen molar-refractivity contribution in [2.75, 3.05) is 11.9 Å². The van der Waals surface area contributed by atoms with Gasteiger partial charge in [-0.05, 0) is 37.6 Å². The first-order valence-corrected chi connectivity index (χ1v) is 10.2. The van der Waals surface area contributed by atoms with Crippen LogP contribution >= 0.6 is 11.6 Å². The molecule has 2 atom stereocenters. The summed E-state index contributed by atoms with van der Waals surface area (Å²) in [6.45, 7) is 3.47. The molecule has 164 valence electrons. The van der Waals surface area contributed by atoms with Gasteiger partial charge in [-0.25, -0.2) is 4.39 Å². The van der Waals surface area contributed by atoms with Gasteiger partial charge in [-0.2, -0.15) is 0 Å². The zero-order valence-electron chi connectivity index (χ0n) is 17.1. The van der Waals surface area contributed by atoms with Crippen LogP contribution in [0, 0.1) is 5.82 Å². The maximum atomic E-state index is 15.5. The van der Waals surface area contributed by atoms with Crippen LogP contribution in [0.25, 0.3) is 0 Å². The monoisotopic (exact) mass is 447 g/mol. The predicted octanol–water partition coefficient (Wildman–Crippen LogP) is 3.35. The third-order valence-electron chi connectivity index (χ3n) is 5.00. The Morgan fingerprint density at radius 2 is 2.06 bits per heavy atom. The van der Waals surface area contributed by atoms with Crippen LogP contribution in [0.5, 0.6) is 5.75 Å². The highest BCUT2D eigenvalue weighted by molar-refractivity contribution is 6.35. The standard InChI is InChI=1S/C22H23ClFN3O4/c1-3-15(26-11(2)8-18(25)28)13-5-6-14(23)20(21(13)24)22(30)12-4-7-16-17(9-12)31-10-19(29)27-16/h4-7,9,11,15,26H,3,8,10H2,1-2H3,(H2,25,28)(H,27,29)/t11-,15-/m1/s1. The molecular formula is C22H23ClFN3O4. The molecule has 0 bridgehead atoms. The van der Waals surface area contributed by atoms with Crippen LogP contribution in [-0.4, -0.2) is 30.2 Å². The van der Waals surface area contributed by atoms with Crippen LogP contribution in [0.3, 0.4) is 0 Å². The quantitative estimate of drug-likeness (QED) is 0.537. The van der Waals surface area contributed by atoms with Gasteiger partial charge in [0.2, 0.25) is 5.91 Å². The molecule has 2 amide bonds. The fraction of sp³-hybridized carbons (Fsp3) is 0.318. The maximum absolute atomic E-state index is 15.5. The molecule has 0 saturated carbocycles. The number of hydrogen-bond acceptors (Lipinski definition) is 5. The van der Waals surface area contributed by atoms with Crippen molar-refractivity contribution in [3.63, 3.8) is 0 Å². The first kappa shape index (κ1) is 22.7. The van der Waals surface area contributed by atoms with Crippen LogP contribution in [0.1, 0.15) is 54.2 Å². The molecule has 3 rings (SSSR count). The molecule has 0 saturated heterocycles. The number of nitrogens with one attached hydrogen (secondary N) is 2. The molecule has 7 nitrogen and oxygen atoms in total. The summed E-state index contributed by atoms with van der Waals surface area (Å²) in [7, 11) is 0. The Morgan fingerprint density at radius 3 is 2.74 bits per heavy atom. The Labute approximate surface area is 184 Å². The Kier molecular flexibility index (Phi) is 6.92. The topological polar surface area (TPSA) is 111 Å². The third-order valence-corrected chi connectivity index (χ3v) is 5.32. The second-order valence-corrected chi connectivity index (χ2v) is 7.81. The normalized spacial score (nSPS) is 14.8. The van der Waals surface area contributed by atoms with E-state index in [9.17, 15) is 14.4 Å². The van der Waals surface area contributed by atoms with Gasteiger partial charge in [-0.3, -0.25) is 14.4 Å². The number of hydrogen-bond donors (Lipinski definition) is 3. The minimum atomic E-state index is -0.727. The van der Waals surface area contributed by atoms with Crippen molar-refractivity contribution in [1.29, 1.82) is 0 Å². The maximum Gasteiger partial charge on any atom is 0.262 e. The molecule has 0 radical (unpaired) electrons. The van der Waals surface area contributed by atoms with E-state index in [2.05, 4.69) is 10.6 Å². The largest absolute Gasteiger partial charge is 0.482 e. The van der Waals surface area contributed by atoms with E-state index in [0.29, 0.717) is 17.9 Å². The number of nitrogens with two attached hydrogens (primary N) is 1. The SMILES string of the molecule is CC[C@@H](N[C@H](C)CC(N)=O)c1ccc(Cl)c(C(=O)c2ccc3c(c2)OCC(=O)N3)c1F. The third kappa shape index (κ3) is 5.03. The lowest BCUT2D eigenvalue weighted by Gasteiger charge is -2.23. The number of primary amides is 1. The van der Waals surface area contributed by atoms with E-state index in [1.807, 2.05) is 6.92 Å². The van der Waals surface area contributed by atoms with Crippen molar-refractivity contribution < 1.29 is 23.5 Å². The second-order valence-electron chi connectivity index (χ2n) is 7.40. The predicted molar refractivity (Wildman–Crippen MR) is 115 cm³/mol. The highest BCUT2D eigenvalue weighted by Crippen LogP contribution is 2.33. The summed E-state index contributed by atoms with van der Waals surface area (Å²) in [4.78, 5) is 35.7. The first-order chi connectivity index (χ1) is 14.7. The smallest absolute Gasteiger partial charge is 0.262 e. The molecule has 9 heteroatoms. The summed E-state index contributed by atoms with van der Waals surface area (Å²) in [6, 6.07) is 6.73. The number of ketones is 1. The lowest BCUT2D eigenvalue weighted by atomic mass is 9.95. The van der Waals surface area contributed by atoms with Crippen molar-refractivity contribution in [1.82, 2.24) is 5.32 Å². The Balaban J connectivity index is 1.94. The van der Waals surface area contributed by atoms with Gasteiger partial charge < -0.3 is 21.1 Å². The first-order valence-electron chi connectivity index (χ1n) is 9.84. The van der Waals surface area contributed by atoms with Crippen molar-refractivity contribution in [2.24, 2.45) is 5.73 Å². The van der Waals surface area contributed by atoms with Gasteiger partial charge in [-0.15, -0.1) is 0 Å². The Hall–Kier alpha value is -2.97. The average Bonchev–Trinajstić information content (AvgIpc) is 2.71. The average molecular weight is 448 g/mol. The van der Waals surface area contributed by atoms with Crippen molar-refractivity contribution in [2.45, 2.75) is 38.8 Å². The van der Waals surface area contributed by atoms with E-state index < -0.39 is 23.5 Å². The molecule has 0 spiro atoms. The van der Waals surface area contributed by atoms with Crippen molar-refractivity contribution in [3.8, 4) is 5.75 Å². The summed E-state index contributed by atoms with van der Waals surface area (Å²) < 4.78 is 20.8. The van der Waals surface area contributed by atoms with E-state index >= 15 is 4.39 Å². The molecule has 2 aromatic rings. The van der Waals surface area contributed by atoms with Gasteiger partial charge >= 0.3 is 0 Å². The molecule has 0 aromatic heterocycles. The summed E-state index contributed by atoms with van der Waals surface area (Å²) in [5, 5.41) is 5.79. The number of benzene rings is 2. The highest BCUT2D eigenvalue weighted by atomic mass is 35.5. The highest BCUT2D eigenvalue weighted by Gasteiger charge is 2.26. The molecule has 0 aliphatic carbocycles. The van der Waals surface area contributed by atoms with Gasteiger partial charge in [0.05, 0.1) is 16.3 Å². The number of anilines is 1. The molecule has 4 N–H and O–H groups in total. The summed E-state index contributed by atoms with van der Waals surface area (Å²) in [6.07, 6.45) is 0.616. The zero-order valence-corrected chi connectivity index (χ0v) is 17.9. The van der Waals surface area contributed by atoms with Crippen LogP contribution in [0.2, 0.25) is 5.02 Å². The number of ether oxygens (including phenoxy) is 1. The molecule has 1 aliphatic heterocycles. The van der Waals surface area contributed by atoms with Gasteiger partial charge in [0.25, 0.3) is 5.91 Å². The van der Waals surface area contributed by atoms with Crippen LogP contribution in [0.15, 0.2) is 30.3 Å². The summed E-state index contributed by atoms with van der Waals surface area (Å²) in [5.41, 5.74) is 5.87. The van der Waals surface area contributed by atoms with E-state index in [0.717, 1.165) is 0 Å². The Morgan fingerprint density at radius 1 is 1.32 bits per heavy atom. The molecular weight excluding hydrogens is 425 g/mol. The fourth-order valence-corrected chi connectivity index (χ4v) is 3.77. The van der Waals surface area contributed by atoms with Gasteiger partial charge in [0, 0.05) is 29.6 Å². The number of fused-ring (bicyclic) bond motifs is 1. The zero-order chi connectivity index (χ0) is 22.7. The molecule has 0 fully saturated rings. The van der Waals surface area contributed by atoms with Gasteiger partial charge in [-0.1, -0.05) is 24.6 Å². The van der Waals surface area contributed by atoms with Gasteiger partial charge in [0.1, 0.15) is 11.6 Å². The van der Waals surface area contributed by atoms with E-state index in [1.165, 1.54) is 30.3 Å². The summed E-state index contributed by atoms with van der Waals surface area (Å²) >= 11 is 6.20. The minimum absolute atomic E-state index is 0.0155. The number of carbonyl (C=O) groups excluding carboxylic acids is 3. The number of carbonyl (C=O) groups is 3. The van der Waals surface area contributed by atoms with Crippen molar-refractivity contribution in [3.05, 3.63) is 57.9 Å². The van der Waals surface area contributed by atoms with Crippen molar-refractivity contribution >= 4 is 34.9 Å². The molecule has 1 heterocycles. The molecule has 1 aliphatic rings. The van der Waals surface area contributed by atoms with Crippen LogP contribution in [0.4, 0.5) is 10.1 Å². The van der Waals surface area contributed by atoms with Crippen LogP contribution < -0.4 is 21.1 Å². The van der Waals surface area contributed by atoms with E-state index in [-0.39, 0.29) is 46.7 Å². The molecule has 2 aromatic carbocycles. The molecule has 31 heavy (non-hydrogen) atoms. The fourth-order valence-electron chi connectivity index (χ4n) is 3.54. The van der Waals surface area contributed by atoms with E-state index in [1.54, 1.807) is 6.92 Å². The van der Waals surface area contributed by atoms with Crippen LogP contribution in [-0.2, 0) is 9.59 Å². The number of rotatable bonds is 8.